The number of ether oxygens (including phenoxy) is 1. The van der Waals surface area contributed by atoms with Crippen molar-refractivity contribution in [3.05, 3.63) is 70.3 Å². The zero-order valence-electron chi connectivity index (χ0n) is 15.2. The number of rotatable bonds is 6. The predicted octanol–water partition coefficient (Wildman–Crippen LogP) is 2.99. The lowest BCUT2D eigenvalue weighted by atomic mass is 9.83. The Balaban J connectivity index is 1.42. The molecule has 1 saturated heterocycles. The molecule has 2 aromatic carbocycles. The summed E-state index contributed by atoms with van der Waals surface area (Å²) in [5.74, 6) is -0.560. The van der Waals surface area contributed by atoms with E-state index in [2.05, 4.69) is 11.8 Å². The number of hydrogen-bond acceptors (Lipinski definition) is 5. The molecule has 1 aliphatic carbocycles. The molecule has 2 atom stereocenters. The van der Waals surface area contributed by atoms with Crippen LogP contribution in [0.25, 0.3) is 0 Å². The van der Waals surface area contributed by atoms with Crippen molar-refractivity contribution in [2.24, 2.45) is 0 Å². The van der Waals surface area contributed by atoms with Crippen LogP contribution in [-0.4, -0.2) is 41.6 Å². The summed E-state index contributed by atoms with van der Waals surface area (Å²) in [6.07, 6.45) is 1.48. The van der Waals surface area contributed by atoms with Crippen molar-refractivity contribution in [3.8, 4) is 0 Å². The Kier molecular flexibility index (Phi) is 4.62. The van der Waals surface area contributed by atoms with E-state index in [-0.39, 0.29) is 24.1 Å². The normalized spacial score (nSPS) is 20.0. The van der Waals surface area contributed by atoms with Crippen LogP contribution in [0.3, 0.4) is 0 Å². The van der Waals surface area contributed by atoms with E-state index in [9.17, 15) is 14.4 Å². The second kappa shape index (κ2) is 7.08. The minimum atomic E-state index is -0.248. The molecule has 0 aromatic heterocycles. The molecule has 1 aliphatic heterocycles. The van der Waals surface area contributed by atoms with Crippen molar-refractivity contribution in [3.63, 3.8) is 0 Å². The molecule has 0 radical (unpaired) electrons. The van der Waals surface area contributed by atoms with Crippen LogP contribution in [0.2, 0.25) is 0 Å². The molecule has 2 aromatic rings. The largest absolute Gasteiger partial charge is 0.461 e. The molecule has 27 heavy (non-hydrogen) atoms. The van der Waals surface area contributed by atoms with Crippen LogP contribution in [0.4, 0.5) is 0 Å². The van der Waals surface area contributed by atoms with Crippen LogP contribution >= 0.6 is 0 Å². The number of carbonyl (C=O) groups is 3. The molecule has 0 spiro atoms. The standard InChI is InChI=1S/C22H21NO4/c1-2-15-12-23(15)10-9-20(24)27-13-14-7-8-18-19(11-14)22(26)17-6-4-3-5-16(17)21(18)25/h3-8,11,15H,2,9-10,12-13H2,1H3. The van der Waals surface area contributed by atoms with Crippen molar-refractivity contribution in [2.75, 3.05) is 13.1 Å². The lowest BCUT2D eigenvalue weighted by Gasteiger charge is -2.18. The quantitative estimate of drug-likeness (QED) is 0.498. The van der Waals surface area contributed by atoms with Crippen molar-refractivity contribution in [1.29, 1.82) is 0 Å². The Labute approximate surface area is 157 Å². The maximum atomic E-state index is 12.7. The molecular formula is C22H21NO4. The highest BCUT2D eigenvalue weighted by atomic mass is 16.5. The highest BCUT2D eigenvalue weighted by molar-refractivity contribution is 6.28. The second-order valence-corrected chi connectivity index (χ2v) is 7.05. The van der Waals surface area contributed by atoms with E-state index >= 15 is 0 Å². The van der Waals surface area contributed by atoms with E-state index in [0.717, 1.165) is 19.5 Å². The van der Waals surface area contributed by atoms with Gasteiger partial charge in [-0.2, -0.15) is 0 Å². The first-order valence-corrected chi connectivity index (χ1v) is 9.29. The highest BCUT2D eigenvalue weighted by Gasteiger charge is 2.32. The van der Waals surface area contributed by atoms with E-state index in [1.54, 1.807) is 42.5 Å². The van der Waals surface area contributed by atoms with Gasteiger partial charge in [-0.25, -0.2) is 0 Å². The molecule has 0 amide bonds. The molecular weight excluding hydrogens is 342 g/mol. The van der Waals surface area contributed by atoms with Gasteiger partial charge in [-0.1, -0.05) is 37.3 Å². The van der Waals surface area contributed by atoms with Crippen LogP contribution in [0, 0.1) is 0 Å². The molecule has 2 unspecified atom stereocenters. The van der Waals surface area contributed by atoms with Gasteiger partial charge in [0, 0.05) is 41.4 Å². The molecule has 4 rings (SSSR count). The van der Waals surface area contributed by atoms with E-state index in [1.807, 2.05) is 0 Å². The lowest BCUT2D eigenvalue weighted by molar-refractivity contribution is -0.145. The molecule has 138 valence electrons. The summed E-state index contributed by atoms with van der Waals surface area (Å²) in [6, 6.07) is 12.5. The van der Waals surface area contributed by atoms with Gasteiger partial charge >= 0.3 is 5.97 Å². The molecule has 0 N–H and O–H groups in total. The average Bonchev–Trinajstić information content (AvgIpc) is 3.47. The fraction of sp³-hybridized carbons (Fsp3) is 0.318. The molecule has 5 nitrogen and oxygen atoms in total. The third-order valence-electron chi connectivity index (χ3n) is 5.29. The SMILES string of the molecule is CCC1CN1CCC(=O)OCc1ccc2c(c1)C(=O)c1ccccc1C2=O. The minimum Gasteiger partial charge on any atom is -0.461 e. The fourth-order valence-electron chi connectivity index (χ4n) is 3.59. The van der Waals surface area contributed by atoms with Crippen molar-refractivity contribution in [2.45, 2.75) is 32.4 Å². The van der Waals surface area contributed by atoms with Crippen molar-refractivity contribution >= 4 is 17.5 Å². The maximum Gasteiger partial charge on any atom is 0.307 e. The number of benzene rings is 2. The minimum absolute atomic E-state index is 0.104. The van der Waals surface area contributed by atoms with Gasteiger partial charge in [-0.3, -0.25) is 19.3 Å². The van der Waals surface area contributed by atoms with E-state index in [1.165, 1.54) is 0 Å². The zero-order chi connectivity index (χ0) is 19.0. The number of hydrogen-bond donors (Lipinski definition) is 0. The third kappa shape index (κ3) is 3.43. The van der Waals surface area contributed by atoms with Gasteiger partial charge in [0.05, 0.1) is 6.42 Å². The Morgan fingerprint density at radius 1 is 1.04 bits per heavy atom. The molecule has 0 saturated carbocycles. The Morgan fingerprint density at radius 2 is 1.70 bits per heavy atom. The predicted molar refractivity (Wildman–Crippen MR) is 99.8 cm³/mol. The average molecular weight is 363 g/mol. The second-order valence-electron chi connectivity index (χ2n) is 7.05. The zero-order valence-corrected chi connectivity index (χ0v) is 15.2. The number of nitrogens with zero attached hydrogens (tertiary/aromatic N) is 1. The summed E-state index contributed by atoms with van der Waals surface area (Å²) in [7, 11) is 0. The van der Waals surface area contributed by atoms with E-state index in [4.69, 9.17) is 4.74 Å². The monoisotopic (exact) mass is 363 g/mol. The molecule has 2 aliphatic rings. The summed E-state index contributed by atoms with van der Waals surface area (Å²) in [5.41, 5.74) is 2.35. The Hall–Kier alpha value is -2.79. The van der Waals surface area contributed by atoms with Crippen LogP contribution < -0.4 is 0 Å². The van der Waals surface area contributed by atoms with Crippen LogP contribution in [0.1, 0.15) is 57.2 Å². The van der Waals surface area contributed by atoms with Gasteiger partial charge in [0.15, 0.2) is 11.6 Å². The van der Waals surface area contributed by atoms with E-state index < -0.39 is 0 Å². The van der Waals surface area contributed by atoms with Gasteiger partial charge in [0.25, 0.3) is 0 Å². The van der Waals surface area contributed by atoms with Gasteiger partial charge < -0.3 is 4.74 Å². The molecule has 0 bridgehead atoms. The molecule has 5 heteroatoms. The summed E-state index contributed by atoms with van der Waals surface area (Å²) in [6.45, 7) is 4.04. The Morgan fingerprint density at radius 3 is 2.37 bits per heavy atom. The topological polar surface area (TPSA) is 63.4 Å². The first-order chi connectivity index (χ1) is 13.1. The van der Waals surface area contributed by atoms with Gasteiger partial charge in [0.2, 0.25) is 0 Å². The number of fused-ring (bicyclic) bond motifs is 2. The molecule has 1 fully saturated rings. The van der Waals surface area contributed by atoms with Crippen molar-refractivity contribution in [1.82, 2.24) is 4.90 Å². The van der Waals surface area contributed by atoms with Gasteiger partial charge in [0.1, 0.15) is 6.61 Å². The summed E-state index contributed by atoms with van der Waals surface area (Å²) in [5, 5.41) is 0. The van der Waals surface area contributed by atoms with Gasteiger partial charge in [-0.15, -0.1) is 0 Å². The number of ketones is 2. The highest BCUT2D eigenvalue weighted by Crippen LogP contribution is 2.28. The first kappa shape index (κ1) is 17.6. The maximum absolute atomic E-state index is 12.7. The lowest BCUT2D eigenvalue weighted by Crippen LogP contribution is -2.21. The Bertz CT molecular complexity index is 934. The van der Waals surface area contributed by atoms with Crippen LogP contribution in [-0.2, 0) is 16.1 Å². The van der Waals surface area contributed by atoms with Crippen LogP contribution in [0.5, 0.6) is 0 Å². The van der Waals surface area contributed by atoms with Crippen LogP contribution in [0.15, 0.2) is 42.5 Å². The first-order valence-electron chi connectivity index (χ1n) is 9.29. The number of esters is 1. The van der Waals surface area contributed by atoms with Gasteiger partial charge in [-0.05, 0) is 24.1 Å². The fourth-order valence-corrected chi connectivity index (χ4v) is 3.59. The number of carbonyl (C=O) groups excluding carboxylic acids is 3. The third-order valence-corrected chi connectivity index (χ3v) is 5.29. The van der Waals surface area contributed by atoms with Crippen molar-refractivity contribution < 1.29 is 19.1 Å². The summed E-state index contributed by atoms with van der Waals surface area (Å²) < 4.78 is 5.34. The summed E-state index contributed by atoms with van der Waals surface area (Å²) in [4.78, 5) is 39.5. The summed E-state index contributed by atoms with van der Waals surface area (Å²) >= 11 is 0. The van der Waals surface area contributed by atoms with E-state index in [0.29, 0.717) is 40.3 Å². The smallest absolute Gasteiger partial charge is 0.307 e. The molecule has 1 heterocycles.